The van der Waals surface area contributed by atoms with Gasteiger partial charge in [-0.15, -0.1) is 0 Å². The van der Waals surface area contributed by atoms with Crippen molar-refractivity contribution < 1.29 is 14.7 Å². The van der Waals surface area contributed by atoms with Crippen LogP contribution in [-0.2, 0) is 4.79 Å². The van der Waals surface area contributed by atoms with Gasteiger partial charge in [0.15, 0.2) is 0 Å². The first-order valence-corrected chi connectivity index (χ1v) is 7.62. The minimum Gasteiger partial charge on any atom is -0.388 e. The van der Waals surface area contributed by atoms with Crippen LogP contribution in [-0.4, -0.2) is 22.8 Å². The van der Waals surface area contributed by atoms with E-state index in [1.165, 1.54) is 0 Å². The summed E-state index contributed by atoms with van der Waals surface area (Å²) in [6.45, 7) is 3.69. The van der Waals surface area contributed by atoms with E-state index in [-0.39, 0.29) is 6.04 Å². The van der Waals surface area contributed by atoms with Crippen molar-refractivity contribution in [3.05, 3.63) is 71.3 Å². The third kappa shape index (κ3) is 4.76. The number of aliphatic hydroxyl groups is 1. The van der Waals surface area contributed by atoms with Gasteiger partial charge in [0.2, 0.25) is 5.78 Å². The number of ketones is 1. The van der Waals surface area contributed by atoms with E-state index in [0.29, 0.717) is 12.0 Å². The SMILES string of the molecule is Cc1ccc(C(=O)C(=O)NC(C)CC(O)c2ccccc2)cc1. The maximum atomic E-state index is 12.1. The molecule has 0 aliphatic rings. The molecule has 0 aliphatic carbocycles. The van der Waals surface area contributed by atoms with Crippen molar-refractivity contribution in [2.45, 2.75) is 32.4 Å². The maximum absolute atomic E-state index is 12.1. The molecule has 2 aromatic carbocycles. The van der Waals surface area contributed by atoms with Gasteiger partial charge in [-0.2, -0.15) is 0 Å². The second kappa shape index (κ2) is 7.70. The normalized spacial score (nSPS) is 13.2. The third-order valence-corrected chi connectivity index (χ3v) is 3.66. The highest BCUT2D eigenvalue weighted by Crippen LogP contribution is 2.17. The Balaban J connectivity index is 1.91. The molecule has 0 bridgehead atoms. The van der Waals surface area contributed by atoms with E-state index in [4.69, 9.17) is 0 Å². The lowest BCUT2D eigenvalue weighted by molar-refractivity contribution is -0.117. The summed E-state index contributed by atoms with van der Waals surface area (Å²) in [6.07, 6.45) is -0.335. The van der Waals surface area contributed by atoms with Crippen LogP contribution in [0.2, 0.25) is 0 Å². The first-order valence-electron chi connectivity index (χ1n) is 7.62. The van der Waals surface area contributed by atoms with E-state index in [1.807, 2.05) is 37.3 Å². The van der Waals surface area contributed by atoms with E-state index >= 15 is 0 Å². The van der Waals surface area contributed by atoms with Crippen LogP contribution in [0.3, 0.4) is 0 Å². The van der Waals surface area contributed by atoms with Crippen molar-refractivity contribution in [1.29, 1.82) is 0 Å². The van der Waals surface area contributed by atoms with E-state index in [2.05, 4.69) is 5.32 Å². The van der Waals surface area contributed by atoms with Crippen LogP contribution in [0.15, 0.2) is 54.6 Å². The molecule has 0 heterocycles. The third-order valence-electron chi connectivity index (χ3n) is 3.66. The Morgan fingerprint density at radius 3 is 2.26 bits per heavy atom. The quantitative estimate of drug-likeness (QED) is 0.637. The molecule has 2 rings (SSSR count). The number of aliphatic hydroxyl groups excluding tert-OH is 1. The van der Waals surface area contributed by atoms with Crippen LogP contribution in [0.1, 0.15) is 40.9 Å². The van der Waals surface area contributed by atoms with Gasteiger partial charge in [0, 0.05) is 11.6 Å². The number of aryl methyl sites for hydroxylation is 1. The Hall–Kier alpha value is -2.46. The van der Waals surface area contributed by atoms with Gasteiger partial charge in [-0.25, -0.2) is 0 Å². The van der Waals surface area contributed by atoms with Crippen molar-refractivity contribution in [1.82, 2.24) is 5.32 Å². The smallest absolute Gasteiger partial charge is 0.292 e. The lowest BCUT2D eigenvalue weighted by atomic mass is 10.0. The second-order valence-electron chi connectivity index (χ2n) is 5.73. The zero-order valence-electron chi connectivity index (χ0n) is 13.3. The second-order valence-corrected chi connectivity index (χ2v) is 5.73. The lowest BCUT2D eigenvalue weighted by Gasteiger charge is -2.18. The van der Waals surface area contributed by atoms with Crippen molar-refractivity contribution in [2.75, 3.05) is 0 Å². The summed E-state index contributed by atoms with van der Waals surface area (Å²) in [7, 11) is 0. The molecule has 4 nitrogen and oxygen atoms in total. The van der Waals surface area contributed by atoms with Crippen LogP contribution in [0.5, 0.6) is 0 Å². The Morgan fingerprint density at radius 2 is 1.65 bits per heavy atom. The topological polar surface area (TPSA) is 66.4 Å². The molecular formula is C19H21NO3. The average Bonchev–Trinajstić information content (AvgIpc) is 2.55. The minimum atomic E-state index is -0.680. The summed E-state index contributed by atoms with van der Waals surface area (Å²) in [5.74, 6) is -1.22. The summed E-state index contributed by atoms with van der Waals surface area (Å²) >= 11 is 0. The summed E-state index contributed by atoms with van der Waals surface area (Å²) in [5, 5.41) is 12.8. The summed E-state index contributed by atoms with van der Waals surface area (Å²) in [4.78, 5) is 24.1. The maximum Gasteiger partial charge on any atom is 0.292 e. The van der Waals surface area contributed by atoms with Gasteiger partial charge in [-0.05, 0) is 25.8 Å². The number of amides is 1. The molecule has 1 amide bonds. The molecule has 0 saturated heterocycles. The molecule has 4 heteroatoms. The fraction of sp³-hybridized carbons (Fsp3) is 0.263. The van der Waals surface area contributed by atoms with E-state index in [0.717, 1.165) is 11.1 Å². The first-order chi connectivity index (χ1) is 11.0. The Bertz CT molecular complexity index is 665. The number of benzene rings is 2. The fourth-order valence-electron chi connectivity index (χ4n) is 2.33. The standard InChI is InChI=1S/C19H21NO3/c1-13-8-10-16(11-9-13)18(22)19(23)20-14(2)12-17(21)15-6-4-3-5-7-15/h3-11,14,17,21H,12H2,1-2H3,(H,20,23). The van der Waals surface area contributed by atoms with Gasteiger partial charge in [-0.3, -0.25) is 9.59 Å². The molecule has 0 radical (unpaired) electrons. The Labute approximate surface area is 136 Å². The number of hydrogen-bond donors (Lipinski definition) is 2. The predicted molar refractivity (Wildman–Crippen MR) is 89.1 cm³/mol. The predicted octanol–water partition coefficient (Wildman–Crippen LogP) is 2.81. The number of Topliss-reactive ketones (excluding diaryl/α,β-unsaturated/α-hetero) is 1. The largest absolute Gasteiger partial charge is 0.388 e. The fourth-order valence-corrected chi connectivity index (χ4v) is 2.33. The van der Waals surface area contributed by atoms with E-state index in [9.17, 15) is 14.7 Å². The van der Waals surface area contributed by atoms with Crippen molar-refractivity contribution >= 4 is 11.7 Å². The highest BCUT2D eigenvalue weighted by atomic mass is 16.3. The number of hydrogen-bond acceptors (Lipinski definition) is 3. The highest BCUT2D eigenvalue weighted by molar-refractivity contribution is 6.42. The number of carbonyl (C=O) groups excluding carboxylic acids is 2. The molecule has 0 aromatic heterocycles. The zero-order valence-corrected chi connectivity index (χ0v) is 13.3. The van der Waals surface area contributed by atoms with Crippen molar-refractivity contribution in [3.63, 3.8) is 0 Å². The summed E-state index contributed by atoms with van der Waals surface area (Å²) in [6, 6.07) is 15.8. The van der Waals surface area contributed by atoms with Gasteiger partial charge >= 0.3 is 0 Å². The molecule has 0 fully saturated rings. The number of nitrogens with one attached hydrogen (secondary N) is 1. The molecule has 2 aromatic rings. The molecule has 0 saturated carbocycles. The van der Waals surface area contributed by atoms with Gasteiger partial charge < -0.3 is 10.4 Å². The summed E-state index contributed by atoms with van der Waals surface area (Å²) < 4.78 is 0. The Kier molecular flexibility index (Phi) is 5.66. The van der Waals surface area contributed by atoms with Gasteiger partial charge in [0.25, 0.3) is 5.91 Å². The van der Waals surface area contributed by atoms with Gasteiger partial charge in [0.05, 0.1) is 6.10 Å². The van der Waals surface area contributed by atoms with Gasteiger partial charge in [0.1, 0.15) is 0 Å². The molecule has 120 valence electrons. The van der Waals surface area contributed by atoms with Crippen molar-refractivity contribution in [2.24, 2.45) is 0 Å². The van der Waals surface area contributed by atoms with Crippen LogP contribution >= 0.6 is 0 Å². The first kappa shape index (κ1) is 16.9. The Morgan fingerprint density at radius 1 is 1.04 bits per heavy atom. The van der Waals surface area contributed by atoms with Crippen LogP contribution in [0, 0.1) is 6.92 Å². The summed E-state index contributed by atoms with van der Waals surface area (Å²) in [5.41, 5.74) is 2.18. The molecule has 2 N–H and O–H groups in total. The monoisotopic (exact) mass is 311 g/mol. The van der Waals surface area contributed by atoms with Crippen molar-refractivity contribution in [3.8, 4) is 0 Å². The molecule has 0 spiro atoms. The molecule has 2 unspecified atom stereocenters. The van der Waals surface area contributed by atoms with Gasteiger partial charge in [-0.1, -0.05) is 60.2 Å². The minimum absolute atomic E-state index is 0.313. The number of rotatable bonds is 6. The molecule has 2 atom stereocenters. The van der Waals surface area contributed by atoms with Crippen LogP contribution in [0.25, 0.3) is 0 Å². The molecule has 0 aliphatic heterocycles. The zero-order chi connectivity index (χ0) is 16.8. The van der Waals surface area contributed by atoms with Crippen LogP contribution in [0.4, 0.5) is 0 Å². The number of carbonyl (C=O) groups is 2. The lowest BCUT2D eigenvalue weighted by Crippen LogP contribution is -2.38. The van der Waals surface area contributed by atoms with E-state index < -0.39 is 17.8 Å². The average molecular weight is 311 g/mol. The van der Waals surface area contributed by atoms with Crippen LogP contribution < -0.4 is 5.32 Å². The highest BCUT2D eigenvalue weighted by Gasteiger charge is 2.20. The van der Waals surface area contributed by atoms with E-state index in [1.54, 1.807) is 31.2 Å². The molecule has 23 heavy (non-hydrogen) atoms. The molecular weight excluding hydrogens is 290 g/mol.